The maximum atomic E-state index is 12.7. The number of rotatable bonds is 4. The fourth-order valence-electron chi connectivity index (χ4n) is 2.54. The number of carbonyl (C=O) groups excluding carboxylic acids is 1. The quantitative estimate of drug-likeness (QED) is 0.837. The number of piperazine rings is 1. The van der Waals surface area contributed by atoms with E-state index in [4.69, 9.17) is 6.42 Å². The molecule has 1 aromatic rings. The van der Waals surface area contributed by atoms with Crippen LogP contribution in [0, 0.1) is 12.3 Å². The average molecular weight is 349 g/mol. The standard InChI is InChI=1S/C17H23N3O3S/c1-4-9-18-17(21)19-10-12-20(13-11-19)24(22,23)16-7-5-15(6-8-16)14(2)3/h1,5-8,14H,9-13H2,2-3H3,(H,18,21). The molecule has 1 fully saturated rings. The van der Waals surface area contributed by atoms with Gasteiger partial charge in [0, 0.05) is 26.2 Å². The first-order chi connectivity index (χ1) is 11.4. The lowest BCUT2D eigenvalue weighted by atomic mass is 10.0. The van der Waals surface area contributed by atoms with E-state index in [1.54, 1.807) is 17.0 Å². The third-order valence-electron chi connectivity index (χ3n) is 4.05. The Morgan fingerprint density at radius 2 is 1.79 bits per heavy atom. The molecule has 0 saturated carbocycles. The summed E-state index contributed by atoms with van der Waals surface area (Å²) in [5.74, 6) is 2.69. The molecule has 6 nitrogen and oxygen atoms in total. The molecule has 1 N–H and O–H groups in total. The van der Waals surface area contributed by atoms with Crippen molar-refractivity contribution in [2.75, 3.05) is 32.7 Å². The Kier molecular flexibility index (Phi) is 5.86. The number of nitrogens with one attached hydrogen (secondary N) is 1. The number of carbonyl (C=O) groups is 1. The minimum Gasteiger partial charge on any atom is -0.327 e. The summed E-state index contributed by atoms with van der Waals surface area (Å²) in [5.41, 5.74) is 1.10. The molecule has 0 unspecified atom stereocenters. The van der Waals surface area contributed by atoms with E-state index in [0.29, 0.717) is 19.0 Å². The van der Waals surface area contributed by atoms with E-state index in [9.17, 15) is 13.2 Å². The monoisotopic (exact) mass is 349 g/mol. The molecule has 1 aliphatic rings. The lowest BCUT2D eigenvalue weighted by molar-refractivity contribution is 0.173. The van der Waals surface area contributed by atoms with Gasteiger partial charge in [-0.1, -0.05) is 31.9 Å². The van der Waals surface area contributed by atoms with Crippen LogP contribution in [0.3, 0.4) is 0 Å². The average Bonchev–Trinajstić information content (AvgIpc) is 2.59. The van der Waals surface area contributed by atoms with Gasteiger partial charge in [-0.25, -0.2) is 13.2 Å². The highest BCUT2D eigenvalue weighted by Gasteiger charge is 2.29. The fourth-order valence-corrected chi connectivity index (χ4v) is 3.97. The van der Waals surface area contributed by atoms with Gasteiger partial charge in [-0.15, -0.1) is 6.42 Å². The van der Waals surface area contributed by atoms with E-state index >= 15 is 0 Å². The van der Waals surface area contributed by atoms with Crippen molar-refractivity contribution in [3.05, 3.63) is 29.8 Å². The van der Waals surface area contributed by atoms with Crippen LogP contribution >= 0.6 is 0 Å². The third-order valence-corrected chi connectivity index (χ3v) is 5.96. The van der Waals surface area contributed by atoms with Gasteiger partial charge in [-0.05, 0) is 23.6 Å². The Morgan fingerprint density at radius 3 is 2.29 bits per heavy atom. The normalized spacial score (nSPS) is 16.0. The van der Waals surface area contributed by atoms with E-state index in [0.717, 1.165) is 5.56 Å². The highest BCUT2D eigenvalue weighted by Crippen LogP contribution is 2.21. The molecule has 7 heteroatoms. The van der Waals surface area contributed by atoms with Crippen molar-refractivity contribution in [3.8, 4) is 12.3 Å². The minimum atomic E-state index is -3.53. The third kappa shape index (κ3) is 4.08. The Labute approximate surface area is 143 Å². The Hall–Kier alpha value is -2.04. The second kappa shape index (κ2) is 7.69. The van der Waals surface area contributed by atoms with Crippen molar-refractivity contribution >= 4 is 16.1 Å². The van der Waals surface area contributed by atoms with Crippen LogP contribution in [0.1, 0.15) is 25.3 Å². The summed E-state index contributed by atoms with van der Waals surface area (Å²) in [6.07, 6.45) is 5.11. The number of hydrogen-bond donors (Lipinski definition) is 1. The summed E-state index contributed by atoms with van der Waals surface area (Å²) in [6.45, 7) is 5.54. The van der Waals surface area contributed by atoms with E-state index in [1.807, 2.05) is 12.1 Å². The smallest absolute Gasteiger partial charge is 0.318 e. The van der Waals surface area contributed by atoms with Crippen molar-refractivity contribution in [2.45, 2.75) is 24.7 Å². The molecule has 0 spiro atoms. The van der Waals surface area contributed by atoms with Gasteiger partial charge in [-0.3, -0.25) is 0 Å². The molecular formula is C17H23N3O3S. The number of sulfonamides is 1. The van der Waals surface area contributed by atoms with Crippen LogP contribution in [0.2, 0.25) is 0 Å². The second-order valence-corrected chi connectivity index (χ2v) is 7.92. The SMILES string of the molecule is C#CCNC(=O)N1CCN(S(=O)(=O)c2ccc(C(C)C)cc2)CC1. The summed E-state index contributed by atoms with van der Waals surface area (Å²) in [7, 11) is -3.53. The van der Waals surface area contributed by atoms with Crippen LogP contribution in [0.15, 0.2) is 29.2 Å². The van der Waals surface area contributed by atoms with E-state index in [-0.39, 0.29) is 30.6 Å². The molecule has 1 saturated heterocycles. The molecule has 24 heavy (non-hydrogen) atoms. The highest BCUT2D eigenvalue weighted by atomic mass is 32.2. The lowest BCUT2D eigenvalue weighted by Crippen LogP contribution is -2.53. The second-order valence-electron chi connectivity index (χ2n) is 5.98. The Balaban J connectivity index is 2.02. The molecule has 0 bridgehead atoms. The lowest BCUT2D eigenvalue weighted by Gasteiger charge is -2.33. The number of hydrogen-bond acceptors (Lipinski definition) is 3. The molecule has 2 rings (SSSR count). The van der Waals surface area contributed by atoms with Gasteiger partial charge in [0.25, 0.3) is 0 Å². The largest absolute Gasteiger partial charge is 0.327 e. The Morgan fingerprint density at radius 1 is 1.21 bits per heavy atom. The summed E-state index contributed by atoms with van der Waals surface area (Å²) < 4.78 is 26.8. The van der Waals surface area contributed by atoms with Crippen LogP contribution < -0.4 is 5.32 Å². The zero-order chi connectivity index (χ0) is 17.7. The van der Waals surface area contributed by atoms with Gasteiger partial charge in [-0.2, -0.15) is 4.31 Å². The maximum absolute atomic E-state index is 12.7. The molecule has 0 radical (unpaired) electrons. The van der Waals surface area contributed by atoms with Gasteiger partial charge >= 0.3 is 6.03 Å². The number of terminal acetylenes is 1. The zero-order valence-corrected chi connectivity index (χ0v) is 14.8. The van der Waals surface area contributed by atoms with Crippen LogP contribution in [-0.4, -0.2) is 56.4 Å². The zero-order valence-electron chi connectivity index (χ0n) is 14.0. The van der Waals surface area contributed by atoms with Crippen molar-refractivity contribution in [1.82, 2.24) is 14.5 Å². The first-order valence-corrected chi connectivity index (χ1v) is 9.36. The molecule has 2 amide bonds. The number of amides is 2. The van der Waals surface area contributed by atoms with Gasteiger partial charge in [0.15, 0.2) is 0 Å². The van der Waals surface area contributed by atoms with Gasteiger partial charge < -0.3 is 10.2 Å². The maximum Gasteiger partial charge on any atom is 0.318 e. The fraction of sp³-hybridized carbons (Fsp3) is 0.471. The van der Waals surface area contributed by atoms with Crippen LogP contribution in [-0.2, 0) is 10.0 Å². The van der Waals surface area contributed by atoms with Gasteiger partial charge in [0.05, 0.1) is 11.4 Å². The minimum absolute atomic E-state index is 0.166. The molecule has 130 valence electrons. The van der Waals surface area contributed by atoms with Crippen molar-refractivity contribution < 1.29 is 13.2 Å². The predicted molar refractivity (Wildman–Crippen MR) is 93.1 cm³/mol. The first kappa shape index (κ1) is 18.3. The molecule has 1 aromatic carbocycles. The van der Waals surface area contributed by atoms with Crippen molar-refractivity contribution in [3.63, 3.8) is 0 Å². The van der Waals surface area contributed by atoms with E-state index in [1.165, 1.54) is 4.31 Å². The molecule has 0 atom stereocenters. The molecule has 0 aromatic heterocycles. The number of urea groups is 1. The molecule has 1 aliphatic heterocycles. The van der Waals surface area contributed by atoms with E-state index in [2.05, 4.69) is 25.1 Å². The molecule has 0 aliphatic carbocycles. The van der Waals surface area contributed by atoms with Crippen LogP contribution in [0.25, 0.3) is 0 Å². The summed E-state index contributed by atoms with van der Waals surface area (Å²) >= 11 is 0. The van der Waals surface area contributed by atoms with E-state index < -0.39 is 10.0 Å². The van der Waals surface area contributed by atoms with Crippen molar-refractivity contribution in [2.24, 2.45) is 0 Å². The van der Waals surface area contributed by atoms with Gasteiger partial charge in [0.2, 0.25) is 10.0 Å². The summed E-state index contributed by atoms with van der Waals surface area (Å²) in [5, 5.41) is 2.59. The highest BCUT2D eigenvalue weighted by molar-refractivity contribution is 7.89. The van der Waals surface area contributed by atoms with Crippen molar-refractivity contribution in [1.29, 1.82) is 0 Å². The van der Waals surface area contributed by atoms with Crippen LogP contribution in [0.5, 0.6) is 0 Å². The predicted octanol–water partition coefficient (Wildman–Crippen LogP) is 1.46. The number of nitrogens with zero attached hydrogens (tertiary/aromatic N) is 2. The first-order valence-electron chi connectivity index (χ1n) is 7.92. The summed E-state index contributed by atoms with van der Waals surface area (Å²) in [4.78, 5) is 13.7. The topological polar surface area (TPSA) is 69.7 Å². The molecular weight excluding hydrogens is 326 g/mol. The summed E-state index contributed by atoms with van der Waals surface area (Å²) in [6, 6.07) is 6.74. The Bertz CT molecular complexity index is 712. The van der Waals surface area contributed by atoms with Gasteiger partial charge in [0.1, 0.15) is 0 Å². The number of benzene rings is 1. The van der Waals surface area contributed by atoms with Crippen LogP contribution in [0.4, 0.5) is 4.79 Å². The molecule has 1 heterocycles.